The number of hydrogen-bond donors (Lipinski definition) is 1. The Hall–Kier alpha value is -0.620. The molecule has 1 aromatic heterocycles. The molecular formula is C12H16ClNO3S. The van der Waals surface area contributed by atoms with Gasteiger partial charge in [0.2, 0.25) is 0 Å². The van der Waals surface area contributed by atoms with Gasteiger partial charge in [-0.3, -0.25) is 4.90 Å². The van der Waals surface area contributed by atoms with E-state index in [9.17, 15) is 4.79 Å². The minimum Gasteiger partial charge on any atom is -0.479 e. The summed E-state index contributed by atoms with van der Waals surface area (Å²) in [5.74, 6) is -0.856. The predicted octanol–water partition coefficient (Wildman–Crippen LogP) is 2.47. The van der Waals surface area contributed by atoms with E-state index in [1.807, 2.05) is 19.2 Å². The summed E-state index contributed by atoms with van der Waals surface area (Å²) in [7, 11) is 2.01. The first-order valence-electron chi connectivity index (χ1n) is 5.85. The van der Waals surface area contributed by atoms with Gasteiger partial charge in [0.05, 0.1) is 10.4 Å². The van der Waals surface area contributed by atoms with Crippen molar-refractivity contribution >= 4 is 28.9 Å². The molecule has 0 amide bonds. The number of halogens is 1. The smallest absolute Gasteiger partial charge is 0.332 e. The van der Waals surface area contributed by atoms with Crippen LogP contribution < -0.4 is 0 Å². The highest BCUT2D eigenvalue weighted by Crippen LogP contribution is 2.24. The largest absolute Gasteiger partial charge is 0.479 e. The molecule has 0 bridgehead atoms. The van der Waals surface area contributed by atoms with Crippen LogP contribution in [-0.4, -0.2) is 41.8 Å². The molecule has 2 unspecified atom stereocenters. The molecule has 1 N–H and O–H groups in total. The van der Waals surface area contributed by atoms with Crippen molar-refractivity contribution in [2.45, 2.75) is 31.6 Å². The number of aliphatic carboxylic acids is 1. The molecule has 2 heterocycles. The predicted molar refractivity (Wildman–Crippen MR) is 71.2 cm³/mol. The Bertz CT molecular complexity index is 423. The molecule has 0 spiro atoms. The maximum Gasteiger partial charge on any atom is 0.332 e. The maximum atomic E-state index is 10.8. The van der Waals surface area contributed by atoms with E-state index in [1.54, 1.807) is 11.3 Å². The summed E-state index contributed by atoms with van der Waals surface area (Å²) in [6, 6.07) is 3.90. The number of carbonyl (C=O) groups is 1. The number of thiophene rings is 1. The van der Waals surface area contributed by atoms with Crippen LogP contribution in [0.15, 0.2) is 12.1 Å². The molecule has 1 saturated heterocycles. The SMILES string of the molecule is CN(Cc1ccc(Cl)s1)CC1CCC(C(=O)O)O1. The summed E-state index contributed by atoms with van der Waals surface area (Å²) in [6.45, 7) is 1.56. The summed E-state index contributed by atoms with van der Waals surface area (Å²) >= 11 is 7.45. The minimum absolute atomic E-state index is 0.0199. The second kappa shape index (κ2) is 6.02. The fraction of sp³-hybridized carbons (Fsp3) is 0.583. The first-order valence-corrected chi connectivity index (χ1v) is 7.05. The molecule has 100 valence electrons. The first kappa shape index (κ1) is 13.8. The second-order valence-corrected chi connectivity index (χ2v) is 6.36. The molecule has 1 aromatic rings. The van der Waals surface area contributed by atoms with Crippen LogP contribution >= 0.6 is 22.9 Å². The lowest BCUT2D eigenvalue weighted by molar-refractivity contribution is -0.149. The highest BCUT2D eigenvalue weighted by molar-refractivity contribution is 7.16. The van der Waals surface area contributed by atoms with Crippen molar-refractivity contribution in [2.75, 3.05) is 13.6 Å². The zero-order valence-corrected chi connectivity index (χ0v) is 11.7. The Labute approximate surface area is 115 Å². The number of ether oxygens (including phenoxy) is 1. The van der Waals surface area contributed by atoms with E-state index in [1.165, 1.54) is 4.88 Å². The Morgan fingerprint density at radius 2 is 2.39 bits per heavy atom. The molecule has 0 radical (unpaired) electrons. The average Bonchev–Trinajstić information content (AvgIpc) is 2.88. The monoisotopic (exact) mass is 289 g/mol. The Balaban J connectivity index is 1.78. The van der Waals surface area contributed by atoms with Crippen molar-refractivity contribution < 1.29 is 14.6 Å². The molecule has 6 heteroatoms. The summed E-state index contributed by atoms with van der Waals surface area (Å²) in [5.41, 5.74) is 0. The van der Waals surface area contributed by atoms with Gasteiger partial charge in [0.25, 0.3) is 0 Å². The van der Waals surface area contributed by atoms with Gasteiger partial charge >= 0.3 is 5.97 Å². The van der Waals surface area contributed by atoms with Crippen LogP contribution in [0.3, 0.4) is 0 Å². The Kier molecular flexibility index (Phi) is 4.61. The summed E-state index contributed by atoms with van der Waals surface area (Å²) in [6.07, 6.45) is 0.816. The van der Waals surface area contributed by atoms with Crippen molar-refractivity contribution in [2.24, 2.45) is 0 Å². The highest BCUT2D eigenvalue weighted by atomic mass is 35.5. The van der Waals surface area contributed by atoms with Crippen molar-refractivity contribution in [3.05, 3.63) is 21.3 Å². The first-order chi connectivity index (χ1) is 8.54. The van der Waals surface area contributed by atoms with Crippen molar-refractivity contribution in [3.63, 3.8) is 0 Å². The number of nitrogens with zero attached hydrogens (tertiary/aromatic N) is 1. The van der Waals surface area contributed by atoms with Gasteiger partial charge in [-0.1, -0.05) is 11.6 Å². The third-order valence-electron chi connectivity index (χ3n) is 2.95. The fourth-order valence-corrected chi connectivity index (χ4v) is 3.30. The van der Waals surface area contributed by atoms with Gasteiger partial charge in [-0.2, -0.15) is 0 Å². The molecule has 0 aliphatic carbocycles. The highest BCUT2D eigenvalue weighted by Gasteiger charge is 2.30. The molecule has 0 aromatic carbocycles. The van der Waals surface area contributed by atoms with Gasteiger partial charge in [0.1, 0.15) is 0 Å². The van der Waals surface area contributed by atoms with E-state index in [4.69, 9.17) is 21.4 Å². The lowest BCUT2D eigenvalue weighted by Gasteiger charge is -2.20. The van der Waals surface area contributed by atoms with Crippen LogP contribution in [-0.2, 0) is 16.1 Å². The molecule has 0 saturated carbocycles. The summed E-state index contributed by atoms with van der Waals surface area (Å²) in [5, 5.41) is 8.85. The van der Waals surface area contributed by atoms with Gasteiger partial charge in [-0.25, -0.2) is 4.79 Å². The van der Waals surface area contributed by atoms with Gasteiger partial charge in [-0.05, 0) is 32.0 Å². The molecule has 4 nitrogen and oxygen atoms in total. The quantitative estimate of drug-likeness (QED) is 0.905. The van der Waals surface area contributed by atoms with Crippen LogP contribution in [0.25, 0.3) is 0 Å². The van der Waals surface area contributed by atoms with Gasteiger partial charge in [0.15, 0.2) is 6.10 Å². The zero-order valence-electron chi connectivity index (χ0n) is 10.1. The van der Waals surface area contributed by atoms with Gasteiger partial charge in [-0.15, -0.1) is 11.3 Å². The molecular weight excluding hydrogens is 274 g/mol. The van der Waals surface area contributed by atoms with Crippen LogP contribution in [0.1, 0.15) is 17.7 Å². The molecule has 1 aliphatic heterocycles. The van der Waals surface area contributed by atoms with Crippen LogP contribution in [0.5, 0.6) is 0 Å². The second-order valence-electron chi connectivity index (χ2n) is 4.56. The third kappa shape index (κ3) is 3.68. The molecule has 18 heavy (non-hydrogen) atoms. The number of likely N-dealkylation sites (N-methyl/N-ethyl adjacent to an activating group) is 1. The normalized spacial score (nSPS) is 23.7. The van der Waals surface area contributed by atoms with E-state index < -0.39 is 12.1 Å². The lowest BCUT2D eigenvalue weighted by Crippen LogP contribution is -2.30. The van der Waals surface area contributed by atoms with E-state index in [0.717, 1.165) is 23.8 Å². The van der Waals surface area contributed by atoms with Crippen molar-refractivity contribution in [1.29, 1.82) is 0 Å². The number of carboxylic acid groups (broad SMARTS) is 1. The lowest BCUT2D eigenvalue weighted by atomic mass is 10.2. The summed E-state index contributed by atoms with van der Waals surface area (Å²) < 4.78 is 6.27. The average molecular weight is 290 g/mol. The fourth-order valence-electron chi connectivity index (χ4n) is 2.14. The molecule has 2 atom stereocenters. The molecule has 1 fully saturated rings. The van der Waals surface area contributed by atoms with E-state index >= 15 is 0 Å². The molecule has 1 aliphatic rings. The summed E-state index contributed by atoms with van der Waals surface area (Å²) in [4.78, 5) is 14.1. The number of rotatable bonds is 5. The third-order valence-corrected chi connectivity index (χ3v) is 4.17. The minimum atomic E-state index is -0.856. The zero-order chi connectivity index (χ0) is 13.1. The standard InChI is InChI=1S/C12H16ClNO3S/c1-14(7-9-3-5-11(13)18-9)6-8-2-4-10(17-8)12(15)16/h3,5,8,10H,2,4,6-7H2,1H3,(H,15,16). The van der Waals surface area contributed by atoms with Crippen molar-refractivity contribution in [3.8, 4) is 0 Å². The van der Waals surface area contributed by atoms with E-state index in [0.29, 0.717) is 6.42 Å². The van der Waals surface area contributed by atoms with Crippen LogP contribution in [0.2, 0.25) is 4.34 Å². The van der Waals surface area contributed by atoms with Crippen LogP contribution in [0.4, 0.5) is 0 Å². The van der Waals surface area contributed by atoms with E-state index in [-0.39, 0.29) is 6.10 Å². The van der Waals surface area contributed by atoms with E-state index in [2.05, 4.69) is 4.90 Å². The number of hydrogen-bond acceptors (Lipinski definition) is 4. The van der Waals surface area contributed by atoms with Crippen molar-refractivity contribution in [1.82, 2.24) is 4.90 Å². The Morgan fingerprint density at radius 3 is 2.94 bits per heavy atom. The van der Waals surface area contributed by atoms with Gasteiger partial charge < -0.3 is 9.84 Å². The maximum absolute atomic E-state index is 10.8. The molecule has 2 rings (SSSR count). The number of carboxylic acids is 1. The van der Waals surface area contributed by atoms with Gasteiger partial charge in [0, 0.05) is 18.0 Å². The van der Waals surface area contributed by atoms with Crippen LogP contribution in [0, 0.1) is 0 Å². The topological polar surface area (TPSA) is 49.8 Å². The Morgan fingerprint density at radius 1 is 1.61 bits per heavy atom.